The Morgan fingerprint density at radius 2 is 0.824 bits per heavy atom. The highest BCUT2D eigenvalue weighted by Gasteiger charge is 2.32. The lowest BCUT2D eigenvalue weighted by Gasteiger charge is -2.17. The zero-order valence-corrected chi connectivity index (χ0v) is 28.0. The quantitative estimate of drug-likeness (QED) is 0.196. The van der Waals surface area contributed by atoms with Crippen molar-refractivity contribution < 1.29 is 0 Å². The summed E-state index contributed by atoms with van der Waals surface area (Å²) < 4.78 is 0. The molecule has 2 aliphatic carbocycles. The third kappa shape index (κ3) is 4.35. The molecule has 0 saturated heterocycles. The average Bonchev–Trinajstić information content (AvgIpc) is 3.85. The topological polar surface area (TPSA) is 15.8 Å². The van der Waals surface area contributed by atoms with E-state index in [4.69, 9.17) is 0 Å². The van der Waals surface area contributed by atoms with Gasteiger partial charge in [-0.2, -0.15) is 0 Å². The van der Waals surface area contributed by atoms with Crippen LogP contribution >= 0.6 is 0 Å². The molecule has 0 radical (unpaired) electrons. The van der Waals surface area contributed by atoms with Crippen molar-refractivity contribution in [2.24, 2.45) is 0 Å². The summed E-state index contributed by atoms with van der Waals surface area (Å²) in [6.07, 6.45) is 0. The van der Waals surface area contributed by atoms with Crippen molar-refractivity contribution in [3.8, 4) is 44.5 Å². The fraction of sp³-hybridized carbons (Fsp3) is 0.0400. The molecule has 1 nitrogen and oxygen atoms in total. The van der Waals surface area contributed by atoms with Crippen LogP contribution in [0, 0.1) is 0 Å². The van der Waals surface area contributed by atoms with Gasteiger partial charge in [0.15, 0.2) is 0 Å². The molecule has 2 aliphatic rings. The number of benzene rings is 8. The zero-order chi connectivity index (χ0) is 33.5. The Kier molecular flexibility index (Phi) is 6.15. The van der Waals surface area contributed by atoms with Gasteiger partial charge >= 0.3 is 0 Å². The van der Waals surface area contributed by atoms with E-state index in [1.54, 1.807) is 0 Å². The largest absolute Gasteiger partial charge is 0.355 e. The average molecular weight is 648 g/mol. The minimum Gasteiger partial charge on any atom is -0.355 e. The lowest BCUT2D eigenvalue weighted by molar-refractivity contribution is 1.01. The van der Waals surface area contributed by atoms with Crippen LogP contribution in [0.2, 0.25) is 0 Å². The zero-order valence-electron chi connectivity index (χ0n) is 28.0. The number of hydrogen-bond donors (Lipinski definition) is 1. The fourth-order valence-corrected chi connectivity index (χ4v) is 9.03. The second-order valence-corrected chi connectivity index (χ2v) is 14.1. The van der Waals surface area contributed by atoms with Crippen molar-refractivity contribution in [1.29, 1.82) is 0 Å². The Morgan fingerprint density at radius 3 is 1.65 bits per heavy atom. The van der Waals surface area contributed by atoms with Gasteiger partial charge < -0.3 is 4.98 Å². The van der Waals surface area contributed by atoms with Gasteiger partial charge in [0.25, 0.3) is 0 Å². The molecule has 0 bridgehead atoms. The molecule has 1 heteroatoms. The summed E-state index contributed by atoms with van der Waals surface area (Å²) in [5, 5.41) is 2.54. The smallest absolute Gasteiger partial charge is 0.0465 e. The van der Waals surface area contributed by atoms with Crippen molar-refractivity contribution in [2.75, 3.05) is 0 Å². The molecule has 0 amide bonds. The van der Waals surface area contributed by atoms with Gasteiger partial charge in [0.05, 0.1) is 0 Å². The summed E-state index contributed by atoms with van der Waals surface area (Å²) in [4.78, 5) is 3.56. The van der Waals surface area contributed by atoms with E-state index in [0.29, 0.717) is 0 Å². The maximum absolute atomic E-state index is 3.56. The number of nitrogens with one attached hydrogen (secondary N) is 1. The van der Waals surface area contributed by atoms with Crippen LogP contribution in [0.1, 0.15) is 45.2 Å². The Hall–Kier alpha value is -6.44. The van der Waals surface area contributed by atoms with Crippen LogP contribution < -0.4 is 0 Å². The predicted octanol–water partition coefficient (Wildman–Crippen LogP) is 13.0. The molecule has 0 aliphatic heterocycles. The van der Waals surface area contributed by atoms with Crippen LogP contribution in [0.25, 0.3) is 66.3 Å². The van der Waals surface area contributed by atoms with Crippen LogP contribution in [0.5, 0.6) is 0 Å². The maximum Gasteiger partial charge on any atom is 0.0465 e. The molecule has 8 aromatic carbocycles. The first-order chi connectivity index (χ1) is 25.3. The Bertz CT molecular complexity index is 2800. The normalized spacial score (nSPS) is 15.5. The van der Waals surface area contributed by atoms with E-state index in [9.17, 15) is 0 Å². The van der Waals surface area contributed by atoms with E-state index >= 15 is 0 Å². The Balaban J connectivity index is 0.987. The summed E-state index contributed by atoms with van der Waals surface area (Å²) in [7, 11) is 0. The maximum atomic E-state index is 3.56. The Labute approximate surface area is 297 Å². The molecular weight excluding hydrogens is 615 g/mol. The molecule has 238 valence electrons. The summed E-state index contributed by atoms with van der Waals surface area (Å²) in [5.41, 5.74) is 20.9. The molecule has 0 fully saturated rings. The van der Waals surface area contributed by atoms with Gasteiger partial charge in [-0.1, -0.05) is 152 Å². The van der Waals surface area contributed by atoms with Gasteiger partial charge in [0.2, 0.25) is 0 Å². The van der Waals surface area contributed by atoms with Gasteiger partial charge in [0, 0.05) is 33.6 Å². The highest BCUT2D eigenvalue weighted by molar-refractivity contribution is 6.08. The van der Waals surface area contributed by atoms with Crippen LogP contribution in [-0.4, -0.2) is 4.98 Å². The van der Waals surface area contributed by atoms with E-state index < -0.39 is 0 Å². The molecule has 9 aromatic rings. The van der Waals surface area contributed by atoms with Crippen LogP contribution in [-0.2, 0) is 0 Å². The summed E-state index contributed by atoms with van der Waals surface area (Å²) in [6, 6.07) is 67.7. The van der Waals surface area contributed by atoms with E-state index in [0.717, 1.165) is 0 Å². The highest BCUT2D eigenvalue weighted by Crippen LogP contribution is 2.51. The van der Waals surface area contributed by atoms with Crippen molar-refractivity contribution in [1.82, 2.24) is 4.98 Å². The monoisotopic (exact) mass is 647 g/mol. The van der Waals surface area contributed by atoms with Crippen LogP contribution in [0.3, 0.4) is 0 Å². The van der Waals surface area contributed by atoms with E-state index in [2.05, 4.69) is 187 Å². The number of aromatic nitrogens is 1. The van der Waals surface area contributed by atoms with Gasteiger partial charge in [-0.25, -0.2) is 0 Å². The first-order valence-corrected chi connectivity index (χ1v) is 17.9. The van der Waals surface area contributed by atoms with E-state index in [-0.39, 0.29) is 11.8 Å². The third-order valence-corrected chi connectivity index (χ3v) is 11.4. The van der Waals surface area contributed by atoms with Gasteiger partial charge in [0.1, 0.15) is 0 Å². The van der Waals surface area contributed by atoms with Crippen molar-refractivity contribution >= 4 is 21.8 Å². The SMILES string of the molecule is c1ccc(C2c3ccccc3-c3cc(-c4ccc5c(c4)C(c4ccc(-c6ccc7[nH]c8ccccc8c7c6)cc4)c4ccccc4-5)ccc32)cc1. The number of fused-ring (bicyclic) bond motifs is 9. The van der Waals surface area contributed by atoms with Gasteiger partial charge in [-0.15, -0.1) is 0 Å². The molecule has 1 N–H and O–H groups in total. The van der Waals surface area contributed by atoms with Crippen molar-refractivity contribution in [3.05, 3.63) is 215 Å². The number of hydrogen-bond acceptors (Lipinski definition) is 0. The standard InChI is InChI=1S/C50H33N/c1-2-10-32(11-3-1)49-42-16-7-5-13-38(42)44-28-35(23-26-43(44)49)36-22-25-39-37-12-4-6-15-41(37)50(46(39)30-36)33-20-18-31(19-21-33)34-24-27-48-45(29-34)40-14-8-9-17-47(40)51-48/h1-30,49-51H. The minimum absolute atomic E-state index is 0.180. The number of para-hydroxylation sites is 1. The van der Waals surface area contributed by atoms with E-state index in [1.165, 1.54) is 99.7 Å². The summed E-state index contributed by atoms with van der Waals surface area (Å²) >= 11 is 0. The van der Waals surface area contributed by atoms with Gasteiger partial charge in [-0.3, -0.25) is 0 Å². The fourth-order valence-electron chi connectivity index (χ4n) is 9.03. The predicted molar refractivity (Wildman–Crippen MR) is 212 cm³/mol. The molecule has 2 atom stereocenters. The molecule has 0 spiro atoms. The lowest BCUT2D eigenvalue weighted by Crippen LogP contribution is -2.00. The lowest BCUT2D eigenvalue weighted by atomic mass is 9.86. The number of rotatable bonds is 4. The van der Waals surface area contributed by atoms with Crippen LogP contribution in [0.15, 0.2) is 182 Å². The van der Waals surface area contributed by atoms with Crippen molar-refractivity contribution in [3.63, 3.8) is 0 Å². The summed E-state index contributed by atoms with van der Waals surface area (Å²) in [5.74, 6) is 0.441. The van der Waals surface area contributed by atoms with E-state index in [1.807, 2.05) is 0 Å². The van der Waals surface area contributed by atoms with Crippen LogP contribution in [0.4, 0.5) is 0 Å². The molecule has 1 aromatic heterocycles. The molecule has 1 heterocycles. The molecule has 11 rings (SSSR count). The first-order valence-electron chi connectivity index (χ1n) is 17.9. The second kappa shape index (κ2) is 11.0. The van der Waals surface area contributed by atoms with Crippen molar-refractivity contribution in [2.45, 2.75) is 11.8 Å². The second-order valence-electron chi connectivity index (χ2n) is 14.1. The highest BCUT2D eigenvalue weighted by atomic mass is 14.7. The number of aromatic amines is 1. The third-order valence-electron chi connectivity index (χ3n) is 11.4. The summed E-state index contributed by atoms with van der Waals surface area (Å²) in [6.45, 7) is 0. The minimum atomic E-state index is 0.180. The first kappa shape index (κ1) is 28.4. The molecule has 2 unspecified atom stereocenters. The molecule has 0 saturated carbocycles. The number of H-pyrrole nitrogens is 1. The van der Waals surface area contributed by atoms with Gasteiger partial charge in [-0.05, 0) is 108 Å². The molecule has 51 heavy (non-hydrogen) atoms. The molecular formula is C50H33N. The Morgan fingerprint density at radius 1 is 0.294 bits per heavy atom.